The summed E-state index contributed by atoms with van der Waals surface area (Å²) in [5.74, 6) is -1.10. The van der Waals surface area contributed by atoms with Crippen molar-refractivity contribution in [1.29, 1.82) is 0 Å². The number of rotatable bonds is 4. The molecule has 4 nitrogen and oxygen atoms in total. The molecule has 15 heavy (non-hydrogen) atoms. The fourth-order valence-corrected chi connectivity index (χ4v) is 2.00. The molecule has 0 aromatic carbocycles. The Morgan fingerprint density at radius 1 is 1.73 bits per heavy atom. The zero-order chi connectivity index (χ0) is 11.4. The Kier molecular flexibility index (Phi) is 3.88. The maximum atomic E-state index is 11.7. The molecular formula is C11H17NO3. The summed E-state index contributed by atoms with van der Waals surface area (Å²) in [4.78, 5) is 24.7. The van der Waals surface area contributed by atoms with E-state index >= 15 is 0 Å². The number of allylic oxidation sites excluding steroid dienone is 1. The first kappa shape index (κ1) is 11.8. The van der Waals surface area contributed by atoms with Gasteiger partial charge in [-0.05, 0) is 18.8 Å². The predicted molar refractivity (Wildman–Crippen MR) is 56.1 cm³/mol. The monoisotopic (exact) mass is 211 g/mol. The van der Waals surface area contributed by atoms with Crippen LogP contribution in [0.3, 0.4) is 0 Å². The molecule has 0 aromatic heterocycles. The van der Waals surface area contributed by atoms with E-state index in [9.17, 15) is 9.59 Å². The van der Waals surface area contributed by atoms with E-state index in [2.05, 4.69) is 11.3 Å². The molecule has 84 valence electrons. The number of ether oxygens (including phenoxy) is 1. The SMILES string of the molecule is C=CCCC1CN(C)C(=O)C1C(=O)OC. The maximum Gasteiger partial charge on any atom is 0.318 e. The number of esters is 1. The summed E-state index contributed by atoms with van der Waals surface area (Å²) in [6, 6.07) is 0. The molecule has 1 rings (SSSR count). The third-order valence-electron chi connectivity index (χ3n) is 2.82. The third kappa shape index (κ3) is 2.37. The van der Waals surface area contributed by atoms with Crippen LogP contribution in [-0.2, 0) is 14.3 Å². The number of likely N-dealkylation sites (tertiary alicyclic amines) is 1. The molecule has 2 unspecified atom stereocenters. The Hall–Kier alpha value is -1.32. The van der Waals surface area contributed by atoms with Crippen LogP contribution in [0.2, 0.25) is 0 Å². The van der Waals surface area contributed by atoms with E-state index < -0.39 is 11.9 Å². The van der Waals surface area contributed by atoms with Gasteiger partial charge in [-0.25, -0.2) is 0 Å². The average molecular weight is 211 g/mol. The van der Waals surface area contributed by atoms with Crippen LogP contribution in [0, 0.1) is 11.8 Å². The van der Waals surface area contributed by atoms with Gasteiger partial charge in [0.2, 0.25) is 5.91 Å². The Morgan fingerprint density at radius 2 is 2.40 bits per heavy atom. The van der Waals surface area contributed by atoms with Crippen LogP contribution in [-0.4, -0.2) is 37.5 Å². The van der Waals surface area contributed by atoms with Crippen molar-refractivity contribution in [2.75, 3.05) is 20.7 Å². The van der Waals surface area contributed by atoms with E-state index in [4.69, 9.17) is 0 Å². The van der Waals surface area contributed by atoms with E-state index in [1.165, 1.54) is 7.11 Å². The number of hydrogen-bond acceptors (Lipinski definition) is 3. The Morgan fingerprint density at radius 3 is 2.93 bits per heavy atom. The van der Waals surface area contributed by atoms with Gasteiger partial charge in [0.25, 0.3) is 0 Å². The van der Waals surface area contributed by atoms with Gasteiger partial charge in [-0.3, -0.25) is 9.59 Å². The highest BCUT2D eigenvalue weighted by Gasteiger charge is 2.43. The molecule has 1 fully saturated rings. The second-order valence-electron chi connectivity index (χ2n) is 3.85. The fraction of sp³-hybridized carbons (Fsp3) is 0.636. The minimum atomic E-state index is -0.611. The van der Waals surface area contributed by atoms with Gasteiger partial charge >= 0.3 is 5.97 Å². The van der Waals surface area contributed by atoms with Crippen molar-refractivity contribution in [3.8, 4) is 0 Å². The average Bonchev–Trinajstić information content (AvgIpc) is 2.51. The van der Waals surface area contributed by atoms with Gasteiger partial charge in [0.1, 0.15) is 5.92 Å². The Labute approximate surface area is 89.9 Å². The van der Waals surface area contributed by atoms with Gasteiger partial charge in [-0.15, -0.1) is 6.58 Å². The van der Waals surface area contributed by atoms with Gasteiger partial charge in [-0.2, -0.15) is 0 Å². The lowest BCUT2D eigenvalue weighted by atomic mass is 9.91. The minimum Gasteiger partial charge on any atom is -0.468 e. The fourth-order valence-electron chi connectivity index (χ4n) is 2.00. The number of amides is 1. The molecule has 0 aliphatic carbocycles. The lowest BCUT2D eigenvalue weighted by Gasteiger charge is -2.12. The summed E-state index contributed by atoms with van der Waals surface area (Å²) in [5.41, 5.74) is 0. The molecule has 0 aromatic rings. The van der Waals surface area contributed by atoms with Crippen LogP contribution in [0.25, 0.3) is 0 Å². The predicted octanol–water partition coefficient (Wildman–Crippen LogP) is 0.830. The Bertz CT molecular complexity index is 275. The maximum absolute atomic E-state index is 11.7. The summed E-state index contributed by atoms with van der Waals surface area (Å²) in [7, 11) is 3.03. The zero-order valence-corrected chi connectivity index (χ0v) is 9.23. The molecule has 1 heterocycles. The molecule has 4 heteroatoms. The van der Waals surface area contributed by atoms with Gasteiger partial charge in [0, 0.05) is 13.6 Å². The molecule has 0 radical (unpaired) electrons. The van der Waals surface area contributed by atoms with Crippen molar-refractivity contribution < 1.29 is 14.3 Å². The number of carbonyl (C=O) groups excluding carboxylic acids is 2. The van der Waals surface area contributed by atoms with E-state index in [0.717, 1.165) is 12.8 Å². The van der Waals surface area contributed by atoms with Crippen LogP contribution < -0.4 is 0 Å². The topological polar surface area (TPSA) is 46.6 Å². The molecule has 0 spiro atoms. The van der Waals surface area contributed by atoms with Crippen LogP contribution in [0.15, 0.2) is 12.7 Å². The van der Waals surface area contributed by atoms with Gasteiger partial charge in [-0.1, -0.05) is 6.08 Å². The molecule has 1 aliphatic heterocycles. The molecule has 0 N–H and O–H groups in total. The molecule has 1 saturated heterocycles. The zero-order valence-electron chi connectivity index (χ0n) is 9.23. The first-order chi connectivity index (χ1) is 7.11. The highest BCUT2D eigenvalue weighted by atomic mass is 16.5. The lowest BCUT2D eigenvalue weighted by Crippen LogP contribution is -2.29. The molecule has 1 aliphatic rings. The van der Waals surface area contributed by atoms with Gasteiger partial charge in [0.05, 0.1) is 7.11 Å². The standard InChI is InChI=1S/C11H17NO3/c1-4-5-6-8-7-12(2)10(13)9(8)11(14)15-3/h4,8-9H,1,5-7H2,2-3H3. The van der Waals surface area contributed by atoms with E-state index in [1.54, 1.807) is 18.0 Å². The smallest absolute Gasteiger partial charge is 0.318 e. The van der Waals surface area contributed by atoms with E-state index in [-0.39, 0.29) is 11.8 Å². The molecule has 0 saturated carbocycles. The van der Waals surface area contributed by atoms with E-state index in [0.29, 0.717) is 6.54 Å². The highest BCUT2D eigenvalue weighted by molar-refractivity contribution is 5.99. The quantitative estimate of drug-likeness (QED) is 0.393. The molecule has 0 bridgehead atoms. The lowest BCUT2D eigenvalue weighted by molar-refractivity contribution is -0.151. The molecule has 2 atom stereocenters. The summed E-state index contributed by atoms with van der Waals surface area (Å²) in [6.45, 7) is 4.27. The van der Waals surface area contributed by atoms with Crippen molar-refractivity contribution in [2.24, 2.45) is 11.8 Å². The summed E-state index contributed by atoms with van der Waals surface area (Å²) in [6.07, 6.45) is 3.43. The largest absolute Gasteiger partial charge is 0.468 e. The van der Waals surface area contributed by atoms with Crippen LogP contribution >= 0.6 is 0 Å². The summed E-state index contributed by atoms with van der Waals surface area (Å²) in [5, 5.41) is 0. The number of nitrogens with zero attached hydrogens (tertiary/aromatic N) is 1. The van der Waals surface area contributed by atoms with Crippen molar-refractivity contribution in [3.63, 3.8) is 0 Å². The van der Waals surface area contributed by atoms with Crippen LogP contribution in [0.1, 0.15) is 12.8 Å². The normalized spacial score (nSPS) is 25.5. The number of hydrogen-bond donors (Lipinski definition) is 0. The highest BCUT2D eigenvalue weighted by Crippen LogP contribution is 2.28. The van der Waals surface area contributed by atoms with Crippen LogP contribution in [0.4, 0.5) is 0 Å². The van der Waals surface area contributed by atoms with Gasteiger partial charge < -0.3 is 9.64 Å². The van der Waals surface area contributed by atoms with Gasteiger partial charge in [0.15, 0.2) is 0 Å². The summed E-state index contributed by atoms with van der Waals surface area (Å²) < 4.78 is 4.65. The van der Waals surface area contributed by atoms with E-state index in [1.807, 2.05) is 0 Å². The van der Waals surface area contributed by atoms with Crippen molar-refractivity contribution >= 4 is 11.9 Å². The third-order valence-corrected chi connectivity index (χ3v) is 2.82. The first-order valence-electron chi connectivity index (χ1n) is 5.05. The Balaban J connectivity index is 2.72. The van der Waals surface area contributed by atoms with Crippen molar-refractivity contribution in [1.82, 2.24) is 4.90 Å². The number of methoxy groups -OCH3 is 1. The minimum absolute atomic E-state index is 0.0629. The summed E-state index contributed by atoms with van der Waals surface area (Å²) >= 11 is 0. The van der Waals surface area contributed by atoms with Crippen molar-refractivity contribution in [2.45, 2.75) is 12.8 Å². The van der Waals surface area contributed by atoms with Crippen molar-refractivity contribution in [3.05, 3.63) is 12.7 Å². The van der Waals surface area contributed by atoms with Crippen LogP contribution in [0.5, 0.6) is 0 Å². The second kappa shape index (κ2) is 4.96. The number of carbonyl (C=O) groups is 2. The first-order valence-corrected chi connectivity index (χ1v) is 5.05. The molecular weight excluding hydrogens is 194 g/mol. The molecule has 1 amide bonds. The second-order valence-corrected chi connectivity index (χ2v) is 3.85.